The molecule has 0 aromatic carbocycles. The van der Waals surface area contributed by atoms with E-state index in [9.17, 15) is 19.0 Å². The van der Waals surface area contributed by atoms with Gasteiger partial charge in [-0.1, -0.05) is 197 Å². The van der Waals surface area contributed by atoms with E-state index in [4.69, 9.17) is 18.5 Å². The molecule has 0 aliphatic carbocycles. The van der Waals surface area contributed by atoms with Gasteiger partial charge in [-0.15, -0.1) is 0 Å². The summed E-state index contributed by atoms with van der Waals surface area (Å²) in [5, 5.41) is 0. The fourth-order valence-electron chi connectivity index (χ4n) is 6.50. The minimum atomic E-state index is -4.41. The lowest BCUT2D eigenvalue weighted by Crippen LogP contribution is -2.37. The molecule has 2 atom stereocenters. The quantitative estimate of drug-likeness (QED) is 0.0211. The molecule has 2 unspecified atom stereocenters. The maximum Gasteiger partial charge on any atom is 0.472 e. The van der Waals surface area contributed by atoms with Crippen molar-refractivity contribution in [2.24, 2.45) is 0 Å². The molecule has 0 aromatic heterocycles. The summed E-state index contributed by atoms with van der Waals surface area (Å²) < 4.78 is 34.3. The van der Waals surface area contributed by atoms with Crippen LogP contribution in [0.3, 0.4) is 0 Å². The highest BCUT2D eigenvalue weighted by molar-refractivity contribution is 7.47. The van der Waals surface area contributed by atoms with Gasteiger partial charge < -0.3 is 18.9 Å². The Balaban J connectivity index is 4.27. The summed E-state index contributed by atoms with van der Waals surface area (Å²) >= 11 is 0. The number of ether oxygens (including phenoxy) is 2. The molecule has 0 fully saturated rings. The standard InChI is InChI=1S/C64H100NO8P/c1-6-8-10-12-14-16-18-20-21-22-23-24-25-26-27-28-29-30-31-32-33-34-35-36-37-38-39-40-41-42-43-45-47-49-51-53-55-57-64(67)73-62(61-72-74(68,69)71-59-58-65(3,4)5)60-70-63(66)56-54-52-50-48-46-44-19-17-15-13-11-9-7-2/h8-11,14-17,20-21,23-24,26-27,29-30,32-33,35-36,38-39,41-42,44-47,62H,6-7,12-13,18-19,22,25,28,31,34,37,40,43,48-61H2,1-5H3/p+1/b10-8-,11-9-,16-14-,17-15-,21-20-,24-23-,27-26-,30-29-,33-32-,36-35-,39-38-,42-41-,46-44-,47-45-. The maximum atomic E-state index is 12.8. The number of unbranched alkanes of at least 4 members (excludes halogenated alkanes) is 6. The van der Waals surface area contributed by atoms with E-state index in [1.807, 2.05) is 21.1 Å². The second kappa shape index (κ2) is 53.2. The van der Waals surface area contributed by atoms with Gasteiger partial charge in [0.1, 0.15) is 19.8 Å². The molecule has 0 heterocycles. The number of quaternary nitrogens is 1. The molecule has 0 saturated heterocycles. The minimum absolute atomic E-state index is 0.00972. The number of phosphoric acid groups is 1. The van der Waals surface area contributed by atoms with Crippen molar-refractivity contribution in [3.8, 4) is 0 Å². The first kappa shape index (κ1) is 69.4. The Morgan fingerprint density at radius 1 is 0.419 bits per heavy atom. The Morgan fingerprint density at radius 3 is 1.05 bits per heavy atom. The van der Waals surface area contributed by atoms with Crippen molar-refractivity contribution < 1.29 is 42.1 Å². The third-order valence-electron chi connectivity index (χ3n) is 10.7. The first-order valence-corrected chi connectivity index (χ1v) is 29.4. The summed E-state index contributed by atoms with van der Waals surface area (Å²) in [4.78, 5) is 35.5. The van der Waals surface area contributed by atoms with Crippen molar-refractivity contribution in [2.45, 2.75) is 174 Å². The Bertz CT molecular complexity index is 1850. The number of carbonyl (C=O) groups is 2. The minimum Gasteiger partial charge on any atom is -0.462 e. The van der Waals surface area contributed by atoms with Gasteiger partial charge in [0.25, 0.3) is 0 Å². The first-order chi connectivity index (χ1) is 36.0. The summed E-state index contributed by atoms with van der Waals surface area (Å²) in [6.45, 7) is 4.08. The Hall–Kier alpha value is -4.63. The zero-order chi connectivity index (χ0) is 54.2. The third kappa shape index (κ3) is 56.7. The number of rotatable bonds is 48. The summed E-state index contributed by atoms with van der Waals surface area (Å²) in [5.74, 6) is -0.890. The van der Waals surface area contributed by atoms with Gasteiger partial charge in [0.05, 0.1) is 27.7 Å². The van der Waals surface area contributed by atoms with Crippen LogP contribution in [-0.4, -0.2) is 74.9 Å². The number of esters is 2. The molecule has 10 heteroatoms. The average molecular weight is 1040 g/mol. The fourth-order valence-corrected chi connectivity index (χ4v) is 7.24. The van der Waals surface area contributed by atoms with Crippen LogP contribution < -0.4 is 0 Å². The van der Waals surface area contributed by atoms with E-state index < -0.39 is 32.5 Å². The van der Waals surface area contributed by atoms with Crippen molar-refractivity contribution in [1.29, 1.82) is 0 Å². The highest BCUT2D eigenvalue weighted by Crippen LogP contribution is 2.43. The molecule has 0 rings (SSSR count). The van der Waals surface area contributed by atoms with E-state index in [1.165, 1.54) is 0 Å². The van der Waals surface area contributed by atoms with E-state index in [0.29, 0.717) is 23.9 Å². The third-order valence-corrected chi connectivity index (χ3v) is 11.7. The predicted octanol–water partition coefficient (Wildman–Crippen LogP) is 17.5. The molecular formula is C64H101NO8P+. The molecule has 1 N–H and O–H groups in total. The van der Waals surface area contributed by atoms with Gasteiger partial charge in [0.2, 0.25) is 0 Å². The van der Waals surface area contributed by atoms with E-state index >= 15 is 0 Å². The number of hydrogen-bond donors (Lipinski definition) is 1. The largest absolute Gasteiger partial charge is 0.472 e. The van der Waals surface area contributed by atoms with Crippen molar-refractivity contribution in [3.63, 3.8) is 0 Å². The van der Waals surface area contributed by atoms with E-state index in [2.05, 4.69) is 184 Å². The summed E-state index contributed by atoms with van der Waals surface area (Å²) in [7, 11) is 1.41. The zero-order valence-corrected chi connectivity index (χ0v) is 47.6. The Kier molecular flexibility index (Phi) is 49.9. The number of hydrogen-bond acceptors (Lipinski definition) is 7. The number of phosphoric ester groups is 1. The SMILES string of the molecule is CC/C=C\C/C=C\C/C=C\C/C=C\C/C=C\C/C=C\C/C=C\C/C=C\C/C=C\C/C=C\C/C=C\CCCCCC(=O)OC(COC(=O)CCCCC/C=C\C/C=C\C/C=C\CC)COP(=O)(O)OCC[N+](C)(C)C. The van der Waals surface area contributed by atoms with Crippen LogP contribution in [0.5, 0.6) is 0 Å². The van der Waals surface area contributed by atoms with Crippen LogP contribution >= 0.6 is 7.82 Å². The van der Waals surface area contributed by atoms with Crippen molar-refractivity contribution >= 4 is 19.8 Å². The predicted molar refractivity (Wildman–Crippen MR) is 316 cm³/mol. The lowest BCUT2D eigenvalue weighted by Gasteiger charge is -2.24. The van der Waals surface area contributed by atoms with Crippen molar-refractivity contribution in [1.82, 2.24) is 0 Å². The van der Waals surface area contributed by atoms with Gasteiger partial charge in [0, 0.05) is 12.8 Å². The van der Waals surface area contributed by atoms with Gasteiger partial charge in [-0.25, -0.2) is 4.57 Å². The van der Waals surface area contributed by atoms with Crippen LogP contribution in [-0.2, 0) is 32.7 Å². The molecule has 74 heavy (non-hydrogen) atoms. The van der Waals surface area contributed by atoms with Crippen LogP contribution in [0.25, 0.3) is 0 Å². The maximum absolute atomic E-state index is 12.8. The molecule has 0 aliphatic heterocycles. The van der Waals surface area contributed by atoms with Gasteiger partial charge in [-0.05, 0) is 128 Å². The van der Waals surface area contributed by atoms with Crippen LogP contribution in [0.1, 0.15) is 168 Å². The summed E-state index contributed by atoms with van der Waals surface area (Å²) in [6.07, 6.45) is 81.5. The smallest absolute Gasteiger partial charge is 0.462 e. The van der Waals surface area contributed by atoms with Crippen LogP contribution in [0.2, 0.25) is 0 Å². The second-order valence-electron chi connectivity index (χ2n) is 18.8. The van der Waals surface area contributed by atoms with Gasteiger partial charge >= 0.3 is 19.8 Å². The zero-order valence-electron chi connectivity index (χ0n) is 46.7. The van der Waals surface area contributed by atoms with Gasteiger partial charge in [0.15, 0.2) is 6.10 Å². The number of allylic oxidation sites excluding steroid dienone is 28. The average Bonchev–Trinajstić information content (AvgIpc) is 3.36. The number of carbonyl (C=O) groups excluding carboxylic acids is 2. The molecule has 9 nitrogen and oxygen atoms in total. The molecule has 0 radical (unpaired) electrons. The normalized spacial score (nSPS) is 14.6. The highest BCUT2D eigenvalue weighted by atomic mass is 31.2. The highest BCUT2D eigenvalue weighted by Gasteiger charge is 2.27. The van der Waals surface area contributed by atoms with Crippen LogP contribution in [0, 0.1) is 0 Å². The molecular weight excluding hydrogens is 942 g/mol. The number of likely N-dealkylation sites (N-methyl/N-ethyl adjacent to an activating group) is 1. The van der Waals surface area contributed by atoms with Crippen molar-refractivity contribution in [2.75, 3.05) is 47.5 Å². The fraction of sp³-hybridized carbons (Fsp3) is 0.531. The molecule has 0 spiro atoms. The monoisotopic (exact) mass is 1040 g/mol. The molecule has 0 aromatic rings. The molecule has 0 bridgehead atoms. The Morgan fingerprint density at radius 2 is 0.730 bits per heavy atom. The molecule has 0 aliphatic rings. The summed E-state index contributed by atoms with van der Waals surface area (Å²) in [5.41, 5.74) is 0. The molecule has 414 valence electrons. The lowest BCUT2D eigenvalue weighted by molar-refractivity contribution is -0.870. The van der Waals surface area contributed by atoms with E-state index in [1.54, 1.807) is 0 Å². The molecule has 0 amide bonds. The first-order valence-electron chi connectivity index (χ1n) is 27.9. The molecule has 0 saturated carbocycles. The van der Waals surface area contributed by atoms with Gasteiger partial charge in [-0.3, -0.25) is 18.6 Å². The number of nitrogens with zero attached hydrogens (tertiary/aromatic N) is 1. The lowest BCUT2D eigenvalue weighted by atomic mass is 10.1. The van der Waals surface area contributed by atoms with Gasteiger partial charge in [-0.2, -0.15) is 0 Å². The Labute approximate surface area is 451 Å². The van der Waals surface area contributed by atoms with E-state index in [-0.39, 0.29) is 26.1 Å². The van der Waals surface area contributed by atoms with Crippen LogP contribution in [0.15, 0.2) is 170 Å². The topological polar surface area (TPSA) is 108 Å². The van der Waals surface area contributed by atoms with E-state index in [0.717, 1.165) is 128 Å². The van der Waals surface area contributed by atoms with Crippen molar-refractivity contribution in [3.05, 3.63) is 170 Å². The summed E-state index contributed by atoms with van der Waals surface area (Å²) in [6, 6.07) is 0. The van der Waals surface area contributed by atoms with Crippen LogP contribution in [0.4, 0.5) is 0 Å². The second-order valence-corrected chi connectivity index (χ2v) is 20.3.